The highest BCUT2D eigenvalue weighted by Gasteiger charge is 2.28. The van der Waals surface area contributed by atoms with Crippen molar-refractivity contribution < 1.29 is 14.3 Å². The summed E-state index contributed by atoms with van der Waals surface area (Å²) in [6.07, 6.45) is 1.88. The maximum Gasteiger partial charge on any atom is 0.254 e. The molecule has 2 saturated heterocycles. The molecule has 1 atom stereocenters. The Balaban J connectivity index is 1.19. The standard InChI is InChI=1S/C29H33N5O3/c1-22-9-11-24(12-10-22)29(36)34(20-25-8-5-19-37-25)21-28(35)33-17-15-32(16-18-33)27-14-13-26(30-31-27)23-6-3-2-4-7-23/h2-4,6-7,9-14,25H,5,8,15-21H2,1H3/t25-/m0/s1. The van der Waals surface area contributed by atoms with Crippen LogP contribution in [-0.2, 0) is 9.53 Å². The summed E-state index contributed by atoms with van der Waals surface area (Å²) < 4.78 is 5.78. The van der Waals surface area contributed by atoms with Crippen LogP contribution in [0, 0.1) is 6.92 Å². The molecular formula is C29H33N5O3. The van der Waals surface area contributed by atoms with Crippen molar-refractivity contribution in [2.45, 2.75) is 25.9 Å². The number of aryl methyl sites for hydroxylation is 1. The van der Waals surface area contributed by atoms with Crippen molar-refractivity contribution in [3.8, 4) is 11.3 Å². The topological polar surface area (TPSA) is 78.9 Å². The predicted molar refractivity (Wildman–Crippen MR) is 142 cm³/mol. The molecule has 0 spiro atoms. The quantitative estimate of drug-likeness (QED) is 0.496. The molecule has 2 amide bonds. The largest absolute Gasteiger partial charge is 0.376 e. The van der Waals surface area contributed by atoms with Crippen LogP contribution in [0.3, 0.4) is 0 Å². The molecule has 3 aromatic rings. The van der Waals surface area contributed by atoms with Crippen LogP contribution < -0.4 is 4.90 Å². The van der Waals surface area contributed by atoms with Gasteiger partial charge < -0.3 is 19.4 Å². The van der Waals surface area contributed by atoms with Gasteiger partial charge in [-0.1, -0.05) is 48.0 Å². The fourth-order valence-electron chi connectivity index (χ4n) is 4.84. The number of ether oxygens (including phenoxy) is 1. The Kier molecular flexibility index (Phi) is 7.75. The molecule has 2 fully saturated rings. The van der Waals surface area contributed by atoms with Gasteiger partial charge in [-0.25, -0.2) is 0 Å². The normalized spacial score (nSPS) is 17.6. The van der Waals surface area contributed by atoms with Gasteiger partial charge in [-0.2, -0.15) is 0 Å². The summed E-state index contributed by atoms with van der Waals surface area (Å²) in [5, 5.41) is 8.81. The molecule has 0 saturated carbocycles. The Morgan fingerprint density at radius 2 is 1.70 bits per heavy atom. The van der Waals surface area contributed by atoms with Crippen LogP contribution in [0.5, 0.6) is 0 Å². The average molecular weight is 500 g/mol. The van der Waals surface area contributed by atoms with Crippen molar-refractivity contribution in [2.24, 2.45) is 0 Å². The van der Waals surface area contributed by atoms with Gasteiger partial charge >= 0.3 is 0 Å². The van der Waals surface area contributed by atoms with Crippen molar-refractivity contribution in [2.75, 3.05) is 50.8 Å². The van der Waals surface area contributed by atoms with Gasteiger partial charge in [-0.05, 0) is 44.0 Å². The molecule has 8 heteroatoms. The van der Waals surface area contributed by atoms with Crippen LogP contribution in [0.25, 0.3) is 11.3 Å². The smallest absolute Gasteiger partial charge is 0.254 e. The van der Waals surface area contributed by atoms with Crippen LogP contribution in [0.4, 0.5) is 5.82 Å². The summed E-state index contributed by atoms with van der Waals surface area (Å²) in [5.41, 5.74) is 3.56. The van der Waals surface area contributed by atoms with E-state index in [1.807, 2.05) is 78.6 Å². The van der Waals surface area contributed by atoms with Gasteiger partial charge in [0.25, 0.3) is 5.91 Å². The van der Waals surface area contributed by atoms with Gasteiger partial charge in [-0.3, -0.25) is 9.59 Å². The van der Waals surface area contributed by atoms with Gasteiger partial charge in [-0.15, -0.1) is 10.2 Å². The third-order valence-electron chi connectivity index (χ3n) is 7.04. The van der Waals surface area contributed by atoms with E-state index in [0.29, 0.717) is 44.9 Å². The minimum Gasteiger partial charge on any atom is -0.376 e. The molecule has 0 radical (unpaired) electrons. The van der Waals surface area contributed by atoms with Gasteiger partial charge in [0.05, 0.1) is 11.8 Å². The van der Waals surface area contributed by atoms with E-state index < -0.39 is 0 Å². The molecule has 0 unspecified atom stereocenters. The molecule has 37 heavy (non-hydrogen) atoms. The number of amides is 2. The Morgan fingerprint density at radius 3 is 2.35 bits per heavy atom. The Labute approximate surface area is 217 Å². The summed E-state index contributed by atoms with van der Waals surface area (Å²) in [6.45, 7) is 5.68. The zero-order chi connectivity index (χ0) is 25.6. The fourth-order valence-corrected chi connectivity index (χ4v) is 4.84. The molecule has 3 heterocycles. The maximum atomic E-state index is 13.3. The maximum absolute atomic E-state index is 13.3. The lowest BCUT2D eigenvalue weighted by Gasteiger charge is -2.36. The monoisotopic (exact) mass is 499 g/mol. The number of hydrogen-bond acceptors (Lipinski definition) is 6. The van der Waals surface area contributed by atoms with Crippen LogP contribution >= 0.6 is 0 Å². The average Bonchev–Trinajstić information content (AvgIpc) is 3.47. The molecule has 0 aliphatic carbocycles. The second-order valence-electron chi connectivity index (χ2n) is 9.70. The summed E-state index contributed by atoms with van der Waals surface area (Å²) in [6, 6.07) is 21.4. The van der Waals surface area contributed by atoms with E-state index in [-0.39, 0.29) is 24.5 Å². The Morgan fingerprint density at radius 1 is 0.946 bits per heavy atom. The first kappa shape index (κ1) is 24.9. The van der Waals surface area contributed by atoms with Crippen LogP contribution in [0.2, 0.25) is 0 Å². The minimum absolute atomic E-state index is 0.0172. The van der Waals surface area contributed by atoms with Gasteiger partial charge in [0.15, 0.2) is 5.82 Å². The molecular weight excluding hydrogens is 466 g/mol. The van der Waals surface area contributed by atoms with Crippen molar-refractivity contribution in [3.05, 3.63) is 77.9 Å². The van der Waals surface area contributed by atoms with Crippen LogP contribution in [0.15, 0.2) is 66.7 Å². The number of hydrogen-bond donors (Lipinski definition) is 0. The first-order valence-electron chi connectivity index (χ1n) is 13.0. The first-order chi connectivity index (χ1) is 18.1. The van der Waals surface area contributed by atoms with Crippen LogP contribution in [0.1, 0.15) is 28.8 Å². The lowest BCUT2D eigenvalue weighted by Crippen LogP contribution is -2.52. The molecule has 2 aliphatic rings. The minimum atomic E-state index is -0.128. The van der Waals surface area contributed by atoms with E-state index in [9.17, 15) is 9.59 Å². The number of anilines is 1. The Hall–Kier alpha value is -3.78. The van der Waals surface area contributed by atoms with Crippen molar-refractivity contribution in [1.29, 1.82) is 0 Å². The van der Waals surface area contributed by atoms with E-state index in [2.05, 4.69) is 15.1 Å². The second kappa shape index (κ2) is 11.5. The van der Waals surface area contributed by atoms with E-state index >= 15 is 0 Å². The number of aromatic nitrogens is 2. The highest BCUT2D eigenvalue weighted by atomic mass is 16.5. The third kappa shape index (κ3) is 6.14. The summed E-state index contributed by atoms with van der Waals surface area (Å²) in [4.78, 5) is 32.2. The second-order valence-corrected chi connectivity index (χ2v) is 9.70. The summed E-state index contributed by atoms with van der Waals surface area (Å²) in [7, 11) is 0. The SMILES string of the molecule is Cc1ccc(C(=O)N(CC(=O)N2CCN(c3ccc(-c4ccccc4)nn3)CC2)C[C@@H]2CCCO2)cc1. The number of piperazine rings is 1. The highest BCUT2D eigenvalue weighted by Crippen LogP contribution is 2.20. The predicted octanol–water partition coefficient (Wildman–Crippen LogP) is 3.42. The van der Waals surface area contributed by atoms with Gasteiger partial charge in [0, 0.05) is 50.5 Å². The van der Waals surface area contributed by atoms with Crippen LogP contribution in [-0.4, -0.2) is 83.8 Å². The zero-order valence-corrected chi connectivity index (χ0v) is 21.3. The van der Waals surface area contributed by atoms with E-state index in [0.717, 1.165) is 35.5 Å². The number of rotatable bonds is 7. The lowest BCUT2D eigenvalue weighted by molar-refractivity contribution is -0.132. The number of carbonyl (C=O) groups is 2. The third-order valence-corrected chi connectivity index (χ3v) is 7.04. The molecule has 2 aliphatic heterocycles. The van der Waals surface area contributed by atoms with Crippen molar-refractivity contribution in [1.82, 2.24) is 20.0 Å². The van der Waals surface area contributed by atoms with Crippen molar-refractivity contribution in [3.63, 3.8) is 0 Å². The Bertz CT molecular complexity index is 1190. The molecule has 2 aromatic carbocycles. The highest BCUT2D eigenvalue weighted by molar-refractivity contribution is 5.96. The lowest BCUT2D eigenvalue weighted by atomic mass is 10.1. The van der Waals surface area contributed by atoms with Gasteiger partial charge in [0.1, 0.15) is 6.54 Å². The first-order valence-corrected chi connectivity index (χ1v) is 13.0. The molecule has 192 valence electrons. The summed E-state index contributed by atoms with van der Waals surface area (Å²) >= 11 is 0. The molecule has 8 nitrogen and oxygen atoms in total. The number of benzene rings is 2. The molecule has 1 aromatic heterocycles. The van der Waals surface area contributed by atoms with E-state index in [1.165, 1.54) is 0 Å². The fraction of sp³-hybridized carbons (Fsp3) is 0.379. The molecule has 0 N–H and O–H groups in total. The molecule has 0 bridgehead atoms. The number of carbonyl (C=O) groups excluding carboxylic acids is 2. The van der Waals surface area contributed by atoms with E-state index in [1.54, 1.807) is 4.90 Å². The summed E-state index contributed by atoms with van der Waals surface area (Å²) in [5.74, 6) is 0.640. The van der Waals surface area contributed by atoms with Gasteiger partial charge in [0.2, 0.25) is 5.91 Å². The van der Waals surface area contributed by atoms with E-state index in [4.69, 9.17) is 4.74 Å². The zero-order valence-electron chi connectivity index (χ0n) is 21.3. The number of nitrogens with zero attached hydrogens (tertiary/aromatic N) is 5. The molecule has 5 rings (SSSR count). The van der Waals surface area contributed by atoms with Crippen molar-refractivity contribution >= 4 is 17.6 Å².